The van der Waals surface area contributed by atoms with Gasteiger partial charge < -0.3 is 16.0 Å². The maximum atomic E-state index is 11.3. The Bertz CT molecular complexity index is 239. The van der Waals surface area contributed by atoms with Crippen LogP contribution in [0.5, 0.6) is 0 Å². The lowest BCUT2D eigenvalue weighted by Crippen LogP contribution is -2.42. The molecule has 0 aromatic carbocycles. The van der Waals surface area contributed by atoms with Crippen molar-refractivity contribution in [2.45, 2.75) is 34.1 Å². The number of carbonyl (C=O) groups is 1. The molecule has 0 saturated heterocycles. The van der Waals surface area contributed by atoms with E-state index < -0.39 is 0 Å². The van der Waals surface area contributed by atoms with Gasteiger partial charge >= 0.3 is 0 Å². The topological polar surface area (TPSA) is 65.5 Å². The zero-order valence-corrected chi connectivity index (χ0v) is 11.5. The van der Waals surface area contributed by atoms with Gasteiger partial charge in [0.05, 0.1) is 0 Å². The Morgan fingerprint density at radius 2 is 1.76 bits per heavy atom. The van der Waals surface area contributed by atoms with Gasteiger partial charge in [-0.25, -0.2) is 0 Å². The van der Waals surface area contributed by atoms with Crippen molar-refractivity contribution < 1.29 is 4.79 Å². The fraction of sp³-hybridized carbons (Fsp3) is 0.833. The Kier molecular flexibility index (Phi) is 9.19. The van der Waals surface area contributed by atoms with Gasteiger partial charge in [-0.2, -0.15) is 0 Å². The first kappa shape index (κ1) is 15.7. The number of nitrogens with zero attached hydrogens (tertiary/aromatic N) is 1. The van der Waals surface area contributed by atoms with Gasteiger partial charge in [0.1, 0.15) is 0 Å². The van der Waals surface area contributed by atoms with E-state index in [1.807, 2.05) is 20.8 Å². The fourth-order valence-electron chi connectivity index (χ4n) is 1.14. The lowest BCUT2D eigenvalue weighted by molar-refractivity contribution is -0.123. The number of rotatable bonds is 7. The molecule has 1 amide bonds. The molecule has 3 N–H and O–H groups in total. The average molecular weight is 242 g/mol. The van der Waals surface area contributed by atoms with Crippen molar-refractivity contribution in [3.63, 3.8) is 0 Å². The van der Waals surface area contributed by atoms with Crippen molar-refractivity contribution in [1.82, 2.24) is 16.0 Å². The van der Waals surface area contributed by atoms with Gasteiger partial charge in [0.25, 0.3) is 0 Å². The standard InChI is InChI=1S/C12H26N4O/c1-5-7-15-12(13-6-2)16-9-8-14-11(17)10(3)4/h10H,5-9H2,1-4H3,(H,14,17)(H2,13,15,16). The Hall–Kier alpha value is -1.26. The number of guanidine groups is 1. The van der Waals surface area contributed by atoms with Gasteiger partial charge in [0.15, 0.2) is 5.96 Å². The molecule has 0 rings (SSSR count). The quantitative estimate of drug-likeness (QED) is 0.350. The molecule has 0 radical (unpaired) electrons. The van der Waals surface area contributed by atoms with E-state index in [9.17, 15) is 4.79 Å². The smallest absolute Gasteiger partial charge is 0.222 e. The molecule has 0 fully saturated rings. The van der Waals surface area contributed by atoms with Crippen LogP contribution in [-0.2, 0) is 4.79 Å². The highest BCUT2D eigenvalue weighted by Crippen LogP contribution is 1.88. The molecule has 17 heavy (non-hydrogen) atoms. The SMILES string of the molecule is CCCN=C(NCC)NCCNC(=O)C(C)C. The Balaban J connectivity index is 3.78. The first-order chi connectivity index (χ1) is 8.11. The second-order valence-corrected chi connectivity index (χ2v) is 4.13. The van der Waals surface area contributed by atoms with Crippen LogP contribution in [0, 0.1) is 5.92 Å². The van der Waals surface area contributed by atoms with Gasteiger partial charge in [0, 0.05) is 32.1 Å². The lowest BCUT2D eigenvalue weighted by Gasteiger charge is -2.12. The molecule has 0 aliphatic heterocycles. The summed E-state index contributed by atoms with van der Waals surface area (Å²) in [6.07, 6.45) is 1.03. The summed E-state index contributed by atoms with van der Waals surface area (Å²) in [5, 5.41) is 9.18. The first-order valence-electron chi connectivity index (χ1n) is 6.41. The average Bonchev–Trinajstić information content (AvgIpc) is 2.30. The van der Waals surface area contributed by atoms with Crippen molar-refractivity contribution in [3.8, 4) is 0 Å². The molecule has 100 valence electrons. The molecule has 5 nitrogen and oxygen atoms in total. The van der Waals surface area contributed by atoms with Crippen molar-refractivity contribution in [1.29, 1.82) is 0 Å². The normalized spacial score (nSPS) is 11.5. The van der Waals surface area contributed by atoms with Crippen LogP contribution in [0.25, 0.3) is 0 Å². The van der Waals surface area contributed by atoms with Gasteiger partial charge in [-0.15, -0.1) is 0 Å². The van der Waals surface area contributed by atoms with Gasteiger partial charge in [-0.3, -0.25) is 9.79 Å². The van der Waals surface area contributed by atoms with Crippen LogP contribution in [0.1, 0.15) is 34.1 Å². The highest BCUT2D eigenvalue weighted by atomic mass is 16.1. The van der Waals surface area contributed by atoms with Crippen molar-refractivity contribution in [3.05, 3.63) is 0 Å². The molecule has 0 spiro atoms. The summed E-state index contributed by atoms with van der Waals surface area (Å²) in [5.74, 6) is 0.937. The molecular weight excluding hydrogens is 216 g/mol. The van der Waals surface area contributed by atoms with Gasteiger partial charge in [-0.05, 0) is 13.3 Å². The summed E-state index contributed by atoms with van der Waals surface area (Å²) in [4.78, 5) is 15.7. The van der Waals surface area contributed by atoms with Gasteiger partial charge in [-0.1, -0.05) is 20.8 Å². The maximum absolute atomic E-state index is 11.3. The molecule has 0 aliphatic carbocycles. The number of hydrogen-bond donors (Lipinski definition) is 3. The van der Waals surface area contributed by atoms with Crippen LogP contribution in [0.2, 0.25) is 0 Å². The monoisotopic (exact) mass is 242 g/mol. The molecule has 0 aromatic heterocycles. The van der Waals surface area contributed by atoms with E-state index in [4.69, 9.17) is 0 Å². The second-order valence-electron chi connectivity index (χ2n) is 4.13. The fourth-order valence-corrected chi connectivity index (χ4v) is 1.14. The third-order valence-electron chi connectivity index (χ3n) is 2.08. The third-order valence-corrected chi connectivity index (χ3v) is 2.08. The molecule has 0 unspecified atom stereocenters. The van der Waals surface area contributed by atoms with Crippen LogP contribution in [0.3, 0.4) is 0 Å². The molecule has 0 saturated carbocycles. The summed E-state index contributed by atoms with van der Waals surface area (Å²) in [6, 6.07) is 0. The van der Waals surface area contributed by atoms with Crippen LogP contribution < -0.4 is 16.0 Å². The highest BCUT2D eigenvalue weighted by Gasteiger charge is 2.04. The summed E-state index contributed by atoms with van der Waals surface area (Å²) in [6.45, 7) is 10.9. The van der Waals surface area contributed by atoms with E-state index in [1.165, 1.54) is 0 Å². The van der Waals surface area contributed by atoms with Crippen molar-refractivity contribution in [2.75, 3.05) is 26.2 Å². The van der Waals surface area contributed by atoms with E-state index in [2.05, 4.69) is 27.9 Å². The van der Waals surface area contributed by atoms with Crippen molar-refractivity contribution in [2.24, 2.45) is 10.9 Å². The molecule has 0 aromatic rings. The van der Waals surface area contributed by atoms with E-state index in [0.717, 1.165) is 25.5 Å². The van der Waals surface area contributed by atoms with Crippen LogP contribution in [0.15, 0.2) is 4.99 Å². The summed E-state index contributed by atoms with van der Waals surface area (Å²) in [7, 11) is 0. The number of hydrogen-bond acceptors (Lipinski definition) is 2. The van der Waals surface area contributed by atoms with Crippen LogP contribution >= 0.6 is 0 Å². The van der Waals surface area contributed by atoms with E-state index >= 15 is 0 Å². The minimum absolute atomic E-state index is 0.0389. The molecule has 0 heterocycles. The largest absolute Gasteiger partial charge is 0.357 e. The predicted octanol–water partition coefficient (Wildman–Crippen LogP) is 0.724. The van der Waals surface area contributed by atoms with E-state index in [0.29, 0.717) is 13.1 Å². The lowest BCUT2D eigenvalue weighted by atomic mass is 10.2. The predicted molar refractivity (Wildman–Crippen MR) is 72.1 cm³/mol. The van der Waals surface area contributed by atoms with E-state index in [1.54, 1.807) is 0 Å². The molecular formula is C12H26N4O. The summed E-state index contributed by atoms with van der Waals surface area (Å²) in [5.41, 5.74) is 0. The zero-order chi connectivity index (χ0) is 13.1. The molecule has 0 atom stereocenters. The third kappa shape index (κ3) is 8.54. The molecule has 0 bridgehead atoms. The van der Waals surface area contributed by atoms with Gasteiger partial charge in [0.2, 0.25) is 5.91 Å². The molecule has 5 heteroatoms. The zero-order valence-electron chi connectivity index (χ0n) is 11.5. The number of aliphatic imine (C=N–C) groups is 1. The maximum Gasteiger partial charge on any atom is 0.222 e. The Labute approximate surface area is 104 Å². The molecule has 0 aliphatic rings. The van der Waals surface area contributed by atoms with E-state index in [-0.39, 0.29) is 11.8 Å². The Morgan fingerprint density at radius 3 is 2.29 bits per heavy atom. The number of nitrogens with one attached hydrogen (secondary N) is 3. The summed E-state index contributed by atoms with van der Waals surface area (Å²) < 4.78 is 0. The van der Waals surface area contributed by atoms with Crippen LogP contribution in [-0.4, -0.2) is 38.0 Å². The number of amides is 1. The minimum Gasteiger partial charge on any atom is -0.357 e. The summed E-state index contributed by atoms with van der Waals surface area (Å²) >= 11 is 0. The van der Waals surface area contributed by atoms with Crippen molar-refractivity contribution >= 4 is 11.9 Å². The first-order valence-corrected chi connectivity index (χ1v) is 6.41. The second kappa shape index (κ2) is 9.93. The van der Waals surface area contributed by atoms with Crippen LogP contribution in [0.4, 0.5) is 0 Å². The Morgan fingerprint density at radius 1 is 1.12 bits per heavy atom. The number of carbonyl (C=O) groups excluding carboxylic acids is 1. The minimum atomic E-state index is 0.0389. The highest BCUT2D eigenvalue weighted by molar-refractivity contribution is 5.80.